The predicted octanol–water partition coefficient (Wildman–Crippen LogP) is 3.83. The van der Waals surface area contributed by atoms with E-state index in [0.717, 1.165) is 11.1 Å². The Kier molecular flexibility index (Phi) is 3.20. The monoisotopic (exact) mass is 291 g/mol. The molecule has 0 saturated carbocycles. The first kappa shape index (κ1) is 13.7. The molecule has 0 fully saturated rings. The molecule has 1 aromatic heterocycles. The molecule has 0 amide bonds. The van der Waals surface area contributed by atoms with Gasteiger partial charge < -0.3 is 0 Å². The van der Waals surface area contributed by atoms with Crippen molar-refractivity contribution < 1.29 is 17.7 Å². The summed E-state index contributed by atoms with van der Waals surface area (Å²) in [6, 6.07) is 14.3. The number of halogens is 3. The van der Waals surface area contributed by atoms with E-state index in [1.807, 2.05) is 31.2 Å². The quantitative estimate of drug-likeness (QED) is 0.692. The van der Waals surface area contributed by atoms with Crippen LogP contribution < -0.4 is 4.57 Å². The number of aromatic amines is 1. The molecule has 0 saturated heterocycles. The minimum Gasteiger partial charge on any atom is -0.233 e. The molecule has 0 spiro atoms. The lowest BCUT2D eigenvalue weighted by Gasteiger charge is -2.07. The Morgan fingerprint density at radius 1 is 1.00 bits per heavy atom. The molecule has 1 N–H and O–H groups in total. The second-order valence-corrected chi connectivity index (χ2v) is 5.00. The molecule has 0 aliphatic heterocycles. The molecule has 0 atom stereocenters. The molecular weight excluding hydrogens is 277 g/mol. The second-order valence-electron chi connectivity index (χ2n) is 5.00. The number of benzene rings is 2. The molecule has 21 heavy (non-hydrogen) atoms. The first-order chi connectivity index (χ1) is 9.97. The van der Waals surface area contributed by atoms with Crippen molar-refractivity contribution in [2.45, 2.75) is 19.6 Å². The summed E-state index contributed by atoms with van der Waals surface area (Å²) in [6.07, 6.45) is -4.41. The molecule has 108 valence electrons. The minimum atomic E-state index is -4.41. The molecule has 3 rings (SSSR count). The number of aryl methyl sites for hydroxylation is 1. The highest BCUT2D eigenvalue weighted by Crippen LogP contribution is 2.27. The van der Waals surface area contributed by atoms with Gasteiger partial charge in [0.2, 0.25) is 0 Å². The number of hydrogen-bond donors (Lipinski definition) is 1. The van der Waals surface area contributed by atoms with Crippen molar-refractivity contribution in [1.82, 2.24) is 4.98 Å². The van der Waals surface area contributed by atoms with E-state index in [-0.39, 0.29) is 6.54 Å². The van der Waals surface area contributed by atoms with Crippen LogP contribution in [0.1, 0.15) is 17.0 Å². The van der Waals surface area contributed by atoms with Gasteiger partial charge in [-0.1, -0.05) is 36.4 Å². The fraction of sp³-hybridized carbons (Fsp3) is 0.188. The van der Waals surface area contributed by atoms with Crippen molar-refractivity contribution in [1.29, 1.82) is 0 Å². The Morgan fingerprint density at radius 2 is 1.67 bits per heavy atom. The highest BCUT2D eigenvalue weighted by atomic mass is 19.4. The van der Waals surface area contributed by atoms with Gasteiger partial charge in [-0.15, -0.1) is 0 Å². The molecule has 1 heterocycles. The van der Waals surface area contributed by atoms with Crippen LogP contribution in [0.25, 0.3) is 11.0 Å². The highest BCUT2D eigenvalue weighted by molar-refractivity contribution is 5.71. The Balaban J connectivity index is 2.18. The molecular formula is C16H14F3N2+. The lowest BCUT2D eigenvalue weighted by atomic mass is 10.1. The Morgan fingerprint density at radius 3 is 2.38 bits per heavy atom. The fourth-order valence-corrected chi connectivity index (χ4v) is 2.48. The maximum Gasteiger partial charge on any atom is 0.494 e. The summed E-state index contributed by atoms with van der Waals surface area (Å²) in [4.78, 5) is 2.48. The Hall–Kier alpha value is -2.30. The van der Waals surface area contributed by atoms with Crippen molar-refractivity contribution in [3.63, 3.8) is 0 Å². The smallest absolute Gasteiger partial charge is 0.233 e. The topological polar surface area (TPSA) is 19.7 Å². The summed E-state index contributed by atoms with van der Waals surface area (Å²) in [5.41, 5.74) is 2.88. The normalized spacial score (nSPS) is 12.0. The number of aromatic nitrogens is 2. The number of fused-ring (bicyclic) bond motifs is 1. The number of hydrogen-bond acceptors (Lipinski definition) is 0. The van der Waals surface area contributed by atoms with Crippen LogP contribution in [0, 0.1) is 6.92 Å². The van der Waals surface area contributed by atoms with Crippen LogP contribution in [0.5, 0.6) is 0 Å². The molecule has 0 aliphatic carbocycles. The van der Waals surface area contributed by atoms with Gasteiger partial charge in [0.25, 0.3) is 0 Å². The SMILES string of the molecule is Cc1ccccc1C[n+]1c(C(F)(F)F)[nH]c2ccccc21. The van der Waals surface area contributed by atoms with Gasteiger partial charge >= 0.3 is 12.0 Å². The van der Waals surface area contributed by atoms with E-state index < -0.39 is 12.0 Å². The molecule has 2 aromatic carbocycles. The van der Waals surface area contributed by atoms with Gasteiger partial charge in [0.05, 0.1) is 0 Å². The number of nitrogens with zero attached hydrogens (tertiary/aromatic N) is 1. The summed E-state index contributed by atoms with van der Waals surface area (Å²) in [7, 11) is 0. The summed E-state index contributed by atoms with van der Waals surface area (Å²) in [5.74, 6) is -0.730. The van der Waals surface area contributed by atoms with Crippen LogP contribution in [0.4, 0.5) is 13.2 Å². The highest BCUT2D eigenvalue weighted by Gasteiger charge is 2.44. The third-order valence-electron chi connectivity index (χ3n) is 3.58. The largest absolute Gasteiger partial charge is 0.494 e. The van der Waals surface area contributed by atoms with Crippen LogP contribution in [-0.4, -0.2) is 4.98 Å². The number of rotatable bonds is 2. The molecule has 3 aromatic rings. The third kappa shape index (κ3) is 2.51. The van der Waals surface area contributed by atoms with Gasteiger partial charge in [-0.3, -0.25) is 0 Å². The molecule has 0 bridgehead atoms. The predicted molar refractivity (Wildman–Crippen MR) is 73.8 cm³/mol. The zero-order valence-electron chi connectivity index (χ0n) is 11.4. The molecule has 0 aliphatic rings. The van der Waals surface area contributed by atoms with Crippen molar-refractivity contribution in [3.05, 3.63) is 65.5 Å². The zero-order chi connectivity index (χ0) is 15.0. The standard InChI is InChI=1S/C16H13F3N2/c1-11-6-2-3-7-12(11)10-21-14-9-5-4-8-13(14)20-15(21)16(17,18)19/h2-9H,10H2,1H3/p+1. The summed E-state index contributed by atoms with van der Waals surface area (Å²) < 4.78 is 41.0. The van der Waals surface area contributed by atoms with Crippen LogP contribution in [-0.2, 0) is 12.7 Å². The number of alkyl halides is 3. The van der Waals surface area contributed by atoms with Crippen LogP contribution in [0.2, 0.25) is 0 Å². The lowest BCUT2D eigenvalue weighted by Crippen LogP contribution is -2.41. The lowest BCUT2D eigenvalue weighted by molar-refractivity contribution is -0.682. The zero-order valence-corrected chi connectivity index (χ0v) is 11.4. The van der Waals surface area contributed by atoms with E-state index in [2.05, 4.69) is 4.98 Å². The van der Waals surface area contributed by atoms with Gasteiger partial charge in [-0.05, 0) is 30.2 Å². The van der Waals surface area contributed by atoms with Crippen molar-refractivity contribution in [3.8, 4) is 0 Å². The van der Waals surface area contributed by atoms with Gasteiger partial charge in [0.1, 0.15) is 6.54 Å². The minimum absolute atomic E-state index is 0.186. The van der Waals surface area contributed by atoms with E-state index in [1.165, 1.54) is 4.57 Å². The summed E-state index contributed by atoms with van der Waals surface area (Å²) >= 11 is 0. The van der Waals surface area contributed by atoms with Crippen molar-refractivity contribution in [2.75, 3.05) is 0 Å². The summed E-state index contributed by atoms with van der Waals surface area (Å²) in [5, 5.41) is 0. The van der Waals surface area contributed by atoms with E-state index in [4.69, 9.17) is 0 Å². The van der Waals surface area contributed by atoms with E-state index in [1.54, 1.807) is 24.3 Å². The fourth-order valence-electron chi connectivity index (χ4n) is 2.48. The van der Waals surface area contributed by atoms with E-state index in [9.17, 15) is 13.2 Å². The maximum absolute atomic E-state index is 13.2. The number of imidazole rings is 1. The number of para-hydroxylation sites is 2. The molecule has 0 radical (unpaired) electrons. The van der Waals surface area contributed by atoms with Crippen molar-refractivity contribution in [2.24, 2.45) is 0 Å². The van der Waals surface area contributed by atoms with E-state index in [0.29, 0.717) is 11.0 Å². The number of H-pyrrole nitrogens is 1. The van der Waals surface area contributed by atoms with Gasteiger partial charge in [-0.25, -0.2) is 9.55 Å². The summed E-state index contributed by atoms with van der Waals surface area (Å²) in [6.45, 7) is 2.09. The third-order valence-corrected chi connectivity index (χ3v) is 3.58. The van der Waals surface area contributed by atoms with Gasteiger partial charge in [0.15, 0.2) is 11.0 Å². The van der Waals surface area contributed by atoms with Crippen LogP contribution >= 0.6 is 0 Å². The average molecular weight is 291 g/mol. The van der Waals surface area contributed by atoms with Crippen LogP contribution in [0.3, 0.4) is 0 Å². The average Bonchev–Trinajstić information content (AvgIpc) is 2.80. The maximum atomic E-state index is 13.2. The number of nitrogens with one attached hydrogen (secondary N) is 1. The first-order valence-electron chi connectivity index (χ1n) is 6.59. The first-order valence-corrected chi connectivity index (χ1v) is 6.59. The molecule has 5 heteroatoms. The van der Waals surface area contributed by atoms with Crippen LogP contribution in [0.15, 0.2) is 48.5 Å². The Labute approximate surface area is 119 Å². The molecule has 2 nitrogen and oxygen atoms in total. The van der Waals surface area contributed by atoms with Gasteiger partial charge in [0, 0.05) is 0 Å². The second kappa shape index (κ2) is 4.91. The molecule has 0 unspecified atom stereocenters. The Bertz CT molecular complexity index is 788. The van der Waals surface area contributed by atoms with E-state index >= 15 is 0 Å². The van der Waals surface area contributed by atoms with Gasteiger partial charge in [-0.2, -0.15) is 13.2 Å². The van der Waals surface area contributed by atoms with Crippen molar-refractivity contribution >= 4 is 11.0 Å².